The van der Waals surface area contributed by atoms with E-state index in [0.29, 0.717) is 11.6 Å². The van der Waals surface area contributed by atoms with Crippen LogP contribution in [0.3, 0.4) is 0 Å². The number of anilines is 1. The molecule has 0 saturated heterocycles. The van der Waals surface area contributed by atoms with Crippen LogP contribution in [-0.2, 0) is 9.59 Å². The molecule has 0 bridgehead atoms. The molecule has 1 N–H and O–H groups in total. The summed E-state index contributed by atoms with van der Waals surface area (Å²) in [5.41, 5.74) is 1.60. The van der Waals surface area contributed by atoms with Gasteiger partial charge in [-0.1, -0.05) is 24.6 Å². The van der Waals surface area contributed by atoms with Gasteiger partial charge in [0.1, 0.15) is 0 Å². The lowest BCUT2D eigenvalue weighted by Gasteiger charge is -2.23. The molecule has 5 heteroatoms. The van der Waals surface area contributed by atoms with Crippen molar-refractivity contribution >= 4 is 29.1 Å². The molecule has 4 nitrogen and oxygen atoms in total. The van der Waals surface area contributed by atoms with E-state index in [4.69, 9.17) is 11.6 Å². The summed E-state index contributed by atoms with van der Waals surface area (Å²) < 4.78 is 0. The van der Waals surface area contributed by atoms with Crippen molar-refractivity contribution in [2.24, 2.45) is 0 Å². The zero-order valence-electron chi connectivity index (χ0n) is 13.1. The Kier molecular flexibility index (Phi) is 6.69. The van der Waals surface area contributed by atoms with Crippen LogP contribution in [0.5, 0.6) is 0 Å². The summed E-state index contributed by atoms with van der Waals surface area (Å²) in [6, 6.07) is 5.58. The van der Waals surface area contributed by atoms with Gasteiger partial charge >= 0.3 is 0 Å². The molecule has 0 aliphatic heterocycles. The van der Waals surface area contributed by atoms with Crippen LogP contribution < -0.4 is 10.2 Å². The molecule has 0 spiro atoms. The van der Waals surface area contributed by atoms with Crippen LogP contribution in [0.15, 0.2) is 18.2 Å². The standard InChI is InChI=1S/C16H23ClN2O2/c1-5-11(2)18-16(21)9-10-19(13(4)20)15-8-6-7-14(17)12(15)3/h6-8,11H,5,9-10H2,1-4H3,(H,18,21). The van der Waals surface area contributed by atoms with E-state index in [2.05, 4.69) is 5.32 Å². The number of halogens is 1. The Labute approximate surface area is 131 Å². The molecule has 0 aliphatic rings. The Bertz CT molecular complexity index is 517. The van der Waals surface area contributed by atoms with Gasteiger partial charge in [0, 0.05) is 36.6 Å². The lowest BCUT2D eigenvalue weighted by molar-refractivity contribution is -0.121. The van der Waals surface area contributed by atoms with E-state index >= 15 is 0 Å². The predicted octanol–water partition coefficient (Wildman–Crippen LogP) is 3.31. The van der Waals surface area contributed by atoms with E-state index in [1.807, 2.05) is 26.8 Å². The molecular formula is C16H23ClN2O2. The monoisotopic (exact) mass is 310 g/mol. The van der Waals surface area contributed by atoms with Gasteiger partial charge < -0.3 is 10.2 Å². The molecule has 1 aromatic rings. The van der Waals surface area contributed by atoms with E-state index < -0.39 is 0 Å². The molecule has 2 amide bonds. The number of hydrogen-bond donors (Lipinski definition) is 1. The van der Waals surface area contributed by atoms with E-state index in [-0.39, 0.29) is 24.3 Å². The first-order chi connectivity index (χ1) is 9.86. The van der Waals surface area contributed by atoms with Crippen LogP contribution in [0.1, 0.15) is 39.2 Å². The van der Waals surface area contributed by atoms with Crippen molar-refractivity contribution in [3.05, 3.63) is 28.8 Å². The van der Waals surface area contributed by atoms with Crippen molar-refractivity contribution in [2.45, 2.75) is 46.6 Å². The third-order valence-corrected chi connectivity index (χ3v) is 3.90. The van der Waals surface area contributed by atoms with Gasteiger partial charge in [-0.05, 0) is 38.0 Å². The molecule has 1 atom stereocenters. The largest absolute Gasteiger partial charge is 0.354 e. The van der Waals surface area contributed by atoms with Crippen LogP contribution in [-0.4, -0.2) is 24.4 Å². The molecule has 0 fully saturated rings. The fourth-order valence-corrected chi connectivity index (χ4v) is 2.17. The summed E-state index contributed by atoms with van der Waals surface area (Å²) in [7, 11) is 0. The molecule has 0 radical (unpaired) electrons. The average Bonchev–Trinajstić information content (AvgIpc) is 2.42. The van der Waals surface area contributed by atoms with Gasteiger partial charge in [0.05, 0.1) is 0 Å². The minimum Gasteiger partial charge on any atom is -0.354 e. The first-order valence-corrected chi connectivity index (χ1v) is 7.57. The van der Waals surface area contributed by atoms with Crippen molar-refractivity contribution in [3.63, 3.8) is 0 Å². The average molecular weight is 311 g/mol. The Morgan fingerprint density at radius 1 is 1.38 bits per heavy atom. The normalized spacial score (nSPS) is 11.9. The van der Waals surface area contributed by atoms with Gasteiger partial charge in [-0.15, -0.1) is 0 Å². The van der Waals surface area contributed by atoms with E-state index in [0.717, 1.165) is 17.7 Å². The predicted molar refractivity (Wildman–Crippen MR) is 86.7 cm³/mol. The highest BCUT2D eigenvalue weighted by Gasteiger charge is 2.16. The van der Waals surface area contributed by atoms with Crippen LogP contribution in [0.2, 0.25) is 5.02 Å². The molecule has 0 aliphatic carbocycles. The number of nitrogens with one attached hydrogen (secondary N) is 1. The fourth-order valence-electron chi connectivity index (χ4n) is 2.00. The Balaban J connectivity index is 2.78. The number of rotatable bonds is 6. The number of carbonyl (C=O) groups excluding carboxylic acids is 2. The molecule has 1 unspecified atom stereocenters. The summed E-state index contributed by atoms with van der Waals surface area (Å²) in [4.78, 5) is 25.3. The highest BCUT2D eigenvalue weighted by atomic mass is 35.5. The maximum absolute atomic E-state index is 11.8. The third-order valence-electron chi connectivity index (χ3n) is 3.49. The smallest absolute Gasteiger partial charge is 0.223 e. The maximum Gasteiger partial charge on any atom is 0.223 e. The van der Waals surface area contributed by atoms with E-state index in [9.17, 15) is 9.59 Å². The molecule has 1 rings (SSSR count). The van der Waals surface area contributed by atoms with Crippen molar-refractivity contribution in [1.29, 1.82) is 0 Å². The third kappa shape index (κ3) is 5.05. The number of nitrogens with zero attached hydrogens (tertiary/aromatic N) is 1. The van der Waals surface area contributed by atoms with Crippen molar-refractivity contribution in [3.8, 4) is 0 Å². The molecule has 0 heterocycles. The van der Waals surface area contributed by atoms with Crippen LogP contribution in [0.4, 0.5) is 5.69 Å². The number of carbonyl (C=O) groups is 2. The Hall–Kier alpha value is -1.55. The minimum atomic E-state index is -0.100. The lowest BCUT2D eigenvalue weighted by Crippen LogP contribution is -2.37. The van der Waals surface area contributed by atoms with Crippen LogP contribution in [0, 0.1) is 6.92 Å². The van der Waals surface area contributed by atoms with Gasteiger partial charge in [-0.25, -0.2) is 0 Å². The Morgan fingerprint density at radius 2 is 2.05 bits per heavy atom. The Morgan fingerprint density at radius 3 is 2.62 bits per heavy atom. The first-order valence-electron chi connectivity index (χ1n) is 7.19. The highest BCUT2D eigenvalue weighted by molar-refractivity contribution is 6.31. The summed E-state index contributed by atoms with van der Waals surface area (Å²) in [6.45, 7) is 7.68. The zero-order chi connectivity index (χ0) is 16.0. The molecule has 116 valence electrons. The van der Waals surface area contributed by atoms with Crippen molar-refractivity contribution < 1.29 is 9.59 Å². The molecule has 21 heavy (non-hydrogen) atoms. The van der Waals surface area contributed by atoms with Gasteiger partial charge in [0.25, 0.3) is 0 Å². The molecule has 1 aromatic carbocycles. The number of benzene rings is 1. The van der Waals surface area contributed by atoms with Crippen LogP contribution in [0.25, 0.3) is 0 Å². The zero-order valence-corrected chi connectivity index (χ0v) is 13.8. The van der Waals surface area contributed by atoms with E-state index in [1.54, 1.807) is 17.0 Å². The van der Waals surface area contributed by atoms with Crippen molar-refractivity contribution in [1.82, 2.24) is 5.32 Å². The minimum absolute atomic E-state index is 0.0460. The summed E-state index contributed by atoms with van der Waals surface area (Å²) in [5.74, 6) is -0.146. The number of amides is 2. The molecular weight excluding hydrogens is 288 g/mol. The van der Waals surface area contributed by atoms with Gasteiger partial charge in [0.15, 0.2) is 0 Å². The highest BCUT2D eigenvalue weighted by Crippen LogP contribution is 2.26. The van der Waals surface area contributed by atoms with Gasteiger partial charge in [-0.3, -0.25) is 9.59 Å². The van der Waals surface area contributed by atoms with Crippen LogP contribution >= 0.6 is 11.6 Å². The summed E-state index contributed by atoms with van der Waals surface area (Å²) in [6.07, 6.45) is 1.16. The lowest BCUT2D eigenvalue weighted by atomic mass is 10.1. The maximum atomic E-state index is 11.8. The molecule has 0 saturated carbocycles. The molecule has 0 aromatic heterocycles. The van der Waals surface area contributed by atoms with E-state index in [1.165, 1.54) is 6.92 Å². The fraction of sp³-hybridized carbons (Fsp3) is 0.500. The van der Waals surface area contributed by atoms with Crippen molar-refractivity contribution in [2.75, 3.05) is 11.4 Å². The van der Waals surface area contributed by atoms with Gasteiger partial charge in [0.2, 0.25) is 11.8 Å². The quantitative estimate of drug-likeness (QED) is 0.876. The second kappa shape index (κ2) is 8.03. The SMILES string of the molecule is CCC(C)NC(=O)CCN(C(C)=O)c1cccc(Cl)c1C. The second-order valence-corrected chi connectivity index (χ2v) is 5.59. The summed E-state index contributed by atoms with van der Waals surface area (Å²) >= 11 is 6.10. The first kappa shape index (κ1) is 17.5. The van der Waals surface area contributed by atoms with Gasteiger partial charge in [-0.2, -0.15) is 0 Å². The summed E-state index contributed by atoms with van der Waals surface area (Å²) in [5, 5.41) is 3.51. The topological polar surface area (TPSA) is 49.4 Å². The second-order valence-electron chi connectivity index (χ2n) is 5.18. The number of hydrogen-bond acceptors (Lipinski definition) is 2.